The molecule has 1 aromatic heterocycles. The maximum atomic E-state index is 13.1. The number of methoxy groups -OCH3 is 1. The number of nitrogens with one attached hydrogen (secondary N) is 1. The first-order valence-corrected chi connectivity index (χ1v) is 11.2. The van der Waals surface area contributed by atoms with E-state index in [0.29, 0.717) is 30.5 Å². The molecule has 1 aliphatic heterocycles. The predicted octanol–water partition coefficient (Wildman–Crippen LogP) is 3.09. The second kappa shape index (κ2) is 9.11. The number of sulfonamides is 1. The maximum absolute atomic E-state index is 13.1. The topological polar surface area (TPSA) is 88.6 Å². The van der Waals surface area contributed by atoms with Gasteiger partial charge in [0.15, 0.2) is 0 Å². The summed E-state index contributed by atoms with van der Waals surface area (Å²) in [5, 5.41) is 2.87. The molecule has 1 unspecified atom stereocenters. The van der Waals surface area contributed by atoms with Crippen molar-refractivity contribution >= 4 is 27.5 Å². The number of rotatable bonds is 6. The number of nitrogens with zero attached hydrogens (tertiary/aromatic N) is 2. The van der Waals surface area contributed by atoms with Crippen LogP contribution in [0.4, 0.5) is 0 Å². The van der Waals surface area contributed by atoms with Crippen LogP contribution >= 0.6 is 11.6 Å². The van der Waals surface area contributed by atoms with E-state index in [-0.39, 0.29) is 22.0 Å². The zero-order valence-electron chi connectivity index (χ0n) is 16.4. The van der Waals surface area contributed by atoms with Crippen LogP contribution < -0.4 is 10.1 Å². The molecule has 0 saturated carbocycles. The van der Waals surface area contributed by atoms with Crippen LogP contribution in [-0.2, 0) is 16.6 Å². The molecule has 1 saturated heterocycles. The van der Waals surface area contributed by atoms with Crippen LogP contribution in [0.2, 0.25) is 5.02 Å². The van der Waals surface area contributed by atoms with Gasteiger partial charge < -0.3 is 10.1 Å². The molecule has 0 radical (unpaired) electrons. The molecule has 1 amide bonds. The molecule has 9 heteroatoms. The number of ether oxygens (including phenoxy) is 1. The summed E-state index contributed by atoms with van der Waals surface area (Å²) in [7, 11) is -2.26. The van der Waals surface area contributed by atoms with Gasteiger partial charge in [0.1, 0.15) is 4.90 Å². The van der Waals surface area contributed by atoms with E-state index in [0.717, 1.165) is 12.8 Å². The summed E-state index contributed by atoms with van der Waals surface area (Å²) in [6, 6.07) is 7.84. The fourth-order valence-electron chi connectivity index (χ4n) is 3.37. The lowest BCUT2D eigenvalue weighted by Crippen LogP contribution is -2.39. The molecule has 1 aliphatic rings. The molecule has 156 valence electrons. The summed E-state index contributed by atoms with van der Waals surface area (Å²) in [6.07, 6.45) is 3.41. The van der Waals surface area contributed by atoms with Crippen LogP contribution in [-0.4, -0.2) is 43.8 Å². The number of carbonyl (C=O) groups excluding carboxylic acids is 1. The molecule has 0 spiro atoms. The molecule has 2 aromatic rings. The monoisotopic (exact) mass is 437 g/mol. The number of amides is 1. The fraction of sp³-hybridized carbons (Fsp3) is 0.400. The Hall–Kier alpha value is -2.16. The normalized spacial score (nSPS) is 17.7. The van der Waals surface area contributed by atoms with E-state index in [1.165, 1.54) is 29.6 Å². The Balaban J connectivity index is 1.80. The minimum atomic E-state index is -3.77. The smallest absolute Gasteiger partial charge is 0.251 e. The molecule has 1 fully saturated rings. The molecular weight excluding hydrogens is 414 g/mol. The molecule has 2 heterocycles. The summed E-state index contributed by atoms with van der Waals surface area (Å²) >= 11 is 6.19. The highest BCUT2D eigenvalue weighted by atomic mass is 35.5. The maximum Gasteiger partial charge on any atom is 0.251 e. The van der Waals surface area contributed by atoms with E-state index in [1.807, 2.05) is 6.92 Å². The Labute approximate surface area is 176 Å². The van der Waals surface area contributed by atoms with Gasteiger partial charge in [0.05, 0.1) is 12.1 Å². The minimum Gasteiger partial charge on any atom is -0.481 e. The Morgan fingerprint density at radius 3 is 2.90 bits per heavy atom. The molecule has 29 heavy (non-hydrogen) atoms. The Morgan fingerprint density at radius 1 is 1.38 bits per heavy atom. The number of halogens is 1. The van der Waals surface area contributed by atoms with Gasteiger partial charge in [-0.1, -0.05) is 24.6 Å². The van der Waals surface area contributed by atoms with Crippen LogP contribution in [0.3, 0.4) is 0 Å². The van der Waals surface area contributed by atoms with Crippen molar-refractivity contribution in [3.63, 3.8) is 0 Å². The largest absolute Gasteiger partial charge is 0.481 e. The van der Waals surface area contributed by atoms with Crippen molar-refractivity contribution in [3.8, 4) is 5.88 Å². The van der Waals surface area contributed by atoms with Crippen LogP contribution in [0.25, 0.3) is 0 Å². The van der Waals surface area contributed by atoms with Gasteiger partial charge in [0.25, 0.3) is 5.91 Å². The van der Waals surface area contributed by atoms with Crippen molar-refractivity contribution in [1.29, 1.82) is 0 Å². The second-order valence-electron chi connectivity index (χ2n) is 7.11. The van der Waals surface area contributed by atoms with Crippen LogP contribution in [0.1, 0.15) is 35.7 Å². The summed E-state index contributed by atoms with van der Waals surface area (Å²) in [5.74, 6) is 0.306. The standard InChI is InChI=1S/C20H24ClN3O4S/c1-14-5-4-10-24(13-14)29(26,27)18-11-15(7-8-17(18)21)19(25)23-12-16-6-3-9-22-20(16)28-2/h3,6-9,11,14H,4-5,10,12-13H2,1-2H3,(H,23,25). The summed E-state index contributed by atoms with van der Waals surface area (Å²) in [5.41, 5.74) is 0.938. The zero-order valence-corrected chi connectivity index (χ0v) is 18.0. The third kappa shape index (κ3) is 4.88. The molecule has 1 aromatic carbocycles. The quantitative estimate of drug-likeness (QED) is 0.750. The summed E-state index contributed by atoms with van der Waals surface area (Å²) in [4.78, 5) is 16.7. The van der Waals surface area contributed by atoms with E-state index >= 15 is 0 Å². The third-order valence-corrected chi connectivity index (χ3v) is 7.26. The Morgan fingerprint density at radius 2 is 2.17 bits per heavy atom. The van der Waals surface area contributed by atoms with Crippen molar-refractivity contribution in [3.05, 3.63) is 52.7 Å². The number of piperidine rings is 1. The average Bonchev–Trinajstić information content (AvgIpc) is 2.72. The SMILES string of the molecule is COc1ncccc1CNC(=O)c1ccc(Cl)c(S(=O)(=O)N2CCCC(C)C2)c1. The van der Waals surface area contributed by atoms with E-state index in [9.17, 15) is 13.2 Å². The van der Waals surface area contributed by atoms with Crippen molar-refractivity contribution in [2.24, 2.45) is 5.92 Å². The van der Waals surface area contributed by atoms with Crippen LogP contribution in [0.15, 0.2) is 41.4 Å². The third-order valence-electron chi connectivity index (χ3n) is 4.91. The number of aromatic nitrogens is 1. The average molecular weight is 438 g/mol. The minimum absolute atomic E-state index is 0.0418. The Kier molecular flexibility index (Phi) is 6.77. The number of benzene rings is 1. The van der Waals surface area contributed by atoms with Crippen molar-refractivity contribution in [2.75, 3.05) is 20.2 Å². The van der Waals surface area contributed by atoms with Gasteiger partial charge in [0.2, 0.25) is 15.9 Å². The van der Waals surface area contributed by atoms with E-state index < -0.39 is 15.9 Å². The predicted molar refractivity (Wildman–Crippen MR) is 111 cm³/mol. The highest BCUT2D eigenvalue weighted by Crippen LogP contribution is 2.29. The van der Waals surface area contributed by atoms with Crippen molar-refractivity contribution in [1.82, 2.24) is 14.6 Å². The van der Waals surface area contributed by atoms with Crippen LogP contribution in [0.5, 0.6) is 5.88 Å². The van der Waals surface area contributed by atoms with Gasteiger partial charge in [-0.15, -0.1) is 0 Å². The highest BCUT2D eigenvalue weighted by Gasteiger charge is 2.30. The van der Waals surface area contributed by atoms with Gasteiger partial charge in [-0.2, -0.15) is 4.31 Å². The number of hydrogen-bond acceptors (Lipinski definition) is 5. The number of carbonyl (C=O) groups is 1. The van der Waals surface area contributed by atoms with E-state index in [2.05, 4.69) is 10.3 Å². The second-order valence-corrected chi connectivity index (χ2v) is 9.42. The first-order chi connectivity index (χ1) is 13.8. The lowest BCUT2D eigenvalue weighted by atomic mass is 10.0. The van der Waals surface area contributed by atoms with E-state index in [4.69, 9.17) is 16.3 Å². The first-order valence-electron chi connectivity index (χ1n) is 9.38. The Bertz CT molecular complexity index is 997. The number of pyridine rings is 1. The molecular formula is C20H24ClN3O4S. The van der Waals surface area contributed by atoms with Gasteiger partial charge in [-0.3, -0.25) is 4.79 Å². The summed E-state index contributed by atoms with van der Waals surface area (Å²) < 4.78 is 32.8. The van der Waals surface area contributed by atoms with Crippen molar-refractivity contribution in [2.45, 2.75) is 31.2 Å². The highest BCUT2D eigenvalue weighted by molar-refractivity contribution is 7.89. The lowest BCUT2D eigenvalue weighted by Gasteiger charge is -2.30. The molecule has 3 rings (SSSR count). The first kappa shape index (κ1) is 21.5. The van der Waals surface area contributed by atoms with Gasteiger partial charge in [-0.05, 0) is 43.0 Å². The number of hydrogen-bond donors (Lipinski definition) is 1. The van der Waals surface area contributed by atoms with E-state index in [1.54, 1.807) is 18.3 Å². The molecule has 0 aliphatic carbocycles. The summed E-state index contributed by atoms with van der Waals surface area (Å²) in [6.45, 7) is 3.14. The van der Waals surface area contributed by atoms with Gasteiger partial charge in [0, 0.05) is 37.0 Å². The fourth-order valence-corrected chi connectivity index (χ4v) is 5.46. The van der Waals surface area contributed by atoms with Crippen LogP contribution in [0, 0.1) is 5.92 Å². The zero-order chi connectivity index (χ0) is 21.0. The molecule has 1 atom stereocenters. The molecule has 0 bridgehead atoms. The molecule has 7 nitrogen and oxygen atoms in total. The molecule has 1 N–H and O–H groups in total. The lowest BCUT2D eigenvalue weighted by molar-refractivity contribution is 0.0950. The van der Waals surface area contributed by atoms with Gasteiger partial charge in [-0.25, -0.2) is 13.4 Å². The van der Waals surface area contributed by atoms with Crippen molar-refractivity contribution < 1.29 is 17.9 Å². The van der Waals surface area contributed by atoms with Gasteiger partial charge >= 0.3 is 0 Å².